The molecule has 2 saturated heterocycles. The number of carbonyl (C=O) groups is 2. The molecule has 2 heterocycles. The summed E-state index contributed by atoms with van der Waals surface area (Å²) in [6, 6.07) is 17.4. The fraction of sp³-hybridized carbons (Fsp3) is 0.391. The molecule has 1 spiro atoms. The Balaban J connectivity index is 2.20. The maximum atomic E-state index is 13.9. The van der Waals surface area contributed by atoms with Gasteiger partial charge in [0.1, 0.15) is 0 Å². The Morgan fingerprint density at radius 1 is 0.879 bits per heavy atom. The number of rotatable bonds is 5. The van der Waals surface area contributed by atoms with Crippen LogP contribution >= 0.6 is 7.59 Å². The zero-order valence-corrected chi connectivity index (χ0v) is 20.3. The van der Waals surface area contributed by atoms with Crippen molar-refractivity contribution in [2.45, 2.75) is 11.2 Å². The first-order valence-corrected chi connectivity index (χ1v) is 12.4. The van der Waals surface area contributed by atoms with Crippen LogP contribution < -0.4 is 0 Å². The number of ether oxygens (including phenoxy) is 2. The van der Waals surface area contributed by atoms with E-state index < -0.39 is 30.7 Å². The molecule has 0 bridgehead atoms. The van der Waals surface area contributed by atoms with Crippen molar-refractivity contribution in [2.75, 3.05) is 48.5 Å². The van der Waals surface area contributed by atoms with Crippen LogP contribution in [0.3, 0.4) is 0 Å². The van der Waals surface area contributed by atoms with Crippen LogP contribution in [0.25, 0.3) is 0 Å². The number of nitrogens with zero attached hydrogens (tertiary/aromatic N) is 2. The van der Waals surface area contributed by atoms with E-state index in [1.807, 2.05) is 0 Å². The van der Waals surface area contributed by atoms with Gasteiger partial charge >= 0.3 is 193 Å². The van der Waals surface area contributed by atoms with Crippen molar-refractivity contribution in [1.29, 1.82) is 0 Å². The molecule has 0 radical (unpaired) electrons. The first kappa shape index (κ1) is 23.8. The summed E-state index contributed by atoms with van der Waals surface area (Å²) in [7, 11) is 3.32. The monoisotopic (exact) mass is 476 g/mol. The van der Waals surface area contributed by atoms with E-state index in [9.17, 15) is 9.59 Å². The van der Waals surface area contributed by atoms with E-state index in [0.29, 0.717) is 17.7 Å². The molecule has 0 aromatic heterocycles. The summed E-state index contributed by atoms with van der Waals surface area (Å²) in [5.74, 6) is -1.62. The van der Waals surface area contributed by atoms with Crippen molar-refractivity contribution in [2.24, 2.45) is 0 Å². The SMILES string of the molecule is COC(=O)[C@]1(c2ccccc2)OP2(N(C)C)(OCCN2C)O[C@@]1(C(=O)OC)c1ccccc1. The summed E-state index contributed by atoms with van der Waals surface area (Å²) in [4.78, 5) is 27.7. The summed E-state index contributed by atoms with van der Waals surface area (Å²) in [5.41, 5.74) is -3.40. The second-order valence-corrected chi connectivity index (χ2v) is 11.8. The van der Waals surface area contributed by atoms with Gasteiger partial charge in [0, 0.05) is 0 Å². The van der Waals surface area contributed by atoms with Crippen molar-refractivity contribution in [3.8, 4) is 0 Å². The van der Waals surface area contributed by atoms with Gasteiger partial charge in [0.25, 0.3) is 0 Å². The Morgan fingerprint density at radius 2 is 1.30 bits per heavy atom. The second-order valence-electron chi connectivity index (χ2n) is 8.12. The van der Waals surface area contributed by atoms with Gasteiger partial charge in [-0.2, -0.15) is 0 Å². The Bertz CT molecular complexity index is 984. The minimum atomic E-state index is -4.44. The molecule has 2 aromatic carbocycles. The van der Waals surface area contributed by atoms with E-state index in [4.69, 9.17) is 23.0 Å². The molecule has 2 aliphatic heterocycles. The van der Waals surface area contributed by atoms with E-state index in [1.54, 1.807) is 91.1 Å². The van der Waals surface area contributed by atoms with Crippen molar-refractivity contribution in [1.82, 2.24) is 9.34 Å². The zero-order chi connectivity index (χ0) is 23.9. The predicted molar refractivity (Wildman–Crippen MR) is 122 cm³/mol. The van der Waals surface area contributed by atoms with Gasteiger partial charge in [-0.15, -0.1) is 0 Å². The van der Waals surface area contributed by atoms with Crippen LogP contribution in [0.2, 0.25) is 0 Å². The Morgan fingerprint density at radius 3 is 1.61 bits per heavy atom. The summed E-state index contributed by atoms with van der Waals surface area (Å²) >= 11 is 0. The fourth-order valence-corrected chi connectivity index (χ4v) is 8.88. The summed E-state index contributed by atoms with van der Waals surface area (Å²) in [5, 5.41) is 0. The third kappa shape index (κ3) is 2.87. The summed E-state index contributed by atoms with van der Waals surface area (Å²) in [6.45, 7) is 0.749. The third-order valence-corrected chi connectivity index (χ3v) is 10.8. The molecule has 0 N–H and O–H groups in total. The van der Waals surface area contributed by atoms with Gasteiger partial charge in [0.2, 0.25) is 0 Å². The maximum absolute atomic E-state index is 13.9. The average molecular weight is 476 g/mol. The van der Waals surface area contributed by atoms with Gasteiger partial charge in [-0.05, 0) is 0 Å². The summed E-state index contributed by atoms with van der Waals surface area (Å²) < 4.78 is 34.1. The molecule has 4 rings (SSSR count). The molecule has 33 heavy (non-hydrogen) atoms. The molecule has 2 atom stereocenters. The standard InChI is InChI=1S/C23H29N2O7P/c1-24(2)33(25(3)16-17-30-33)31-22(20(26)28-4,18-12-8-6-9-13-18)23(32-33,21(27)29-5)19-14-10-7-11-15-19/h6-15H,16-17H2,1-5H3/t22-,23+. The first-order chi connectivity index (χ1) is 15.7. The predicted octanol–water partition coefficient (Wildman–Crippen LogP) is 2.82. The number of hydrogen-bond acceptors (Lipinski definition) is 9. The normalized spacial score (nSPS) is 29.5. The molecule has 2 fully saturated rings. The summed E-state index contributed by atoms with van der Waals surface area (Å²) in [6.07, 6.45) is 0. The molecule has 10 heteroatoms. The van der Waals surface area contributed by atoms with Gasteiger partial charge in [-0.25, -0.2) is 0 Å². The number of carbonyl (C=O) groups excluding carboxylic acids is 2. The Labute approximate surface area is 193 Å². The Hall–Kier alpha value is -2.39. The van der Waals surface area contributed by atoms with Crippen LogP contribution in [-0.4, -0.2) is 69.8 Å². The number of likely N-dealkylation sites (N-methyl/N-ethyl adjacent to an activating group) is 1. The molecule has 2 aromatic rings. The fourth-order valence-electron chi connectivity index (χ4n) is 4.73. The molecule has 9 nitrogen and oxygen atoms in total. The van der Waals surface area contributed by atoms with E-state index in [1.165, 1.54) is 14.2 Å². The zero-order valence-electron chi connectivity index (χ0n) is 19.4. The van der Waals surface area contributed by atoms with Gasteiger partial charge in [0.05, 0.1) is 0 Å². The molecular formula is C23H29N2O7P. The van der Waals surface area contributed by atoms with E-state index in [2.05, 4.69) is 0 Å². The van der Waals surface area contributed by atoms with E-state index >= 15 is 0 Å². The van der Waals surface area contributed by atoms with Gasteiger partial charge < -0.3 is 0 Å². The van der Waals surface area contributed by atoms with Crippen LogP contribution in [0.15, 0.2) is 60.7 Å². The molecule has 2 aliphatic rings. The van der Waals surface area contributed by atoms with Crippen LogP contribution in [0.1, 0.15) is 11.1 Å². The Kier molecular flexibility index (Phi) is 5.85. The molecule has 0 saturated carbocycles. The number of hydrogen-bond donors (Lipinski definition) is 0. The van der Waals surface area contributed by atoms with E-state index in [0.717, 1.165) is 0 Å². The van der Waals surface area contributed by atoms with Crippen LogP contribution in [0.4, 0.5) is 0 Å². The average Bonchev–Trinajstić information content (AvgIpc) is 3.34. The quantitative estimate of drug-likeness (QED) is 0.478. The van der Waals surface area contributed by atoms with Crippen molar-refractivity contribution < 1.29 is 32.6 Å². The van der Waals surface area contributed by atoms with Gasteiger partial charge in [-0.3, -0.25) is 0 Å². The molecule has 178 valence electrons. The van der Waals surface area contributed by atoms with Crippen molar-refractivity contribution >= 4 is 19.5 Å². The third-order valence-electron chi connectivity index (χ3n) is 6.36. The van der Waals surface area contributed by atoms with Gasteiger partial charge in [0.15, 0.2) is 0 Å². The van der Waals surface area contributed by atoms with Gasteiger partial charge in [-0.1, -0.05) is 0 Å². The molecule has 0 amide bonds. The number of esters is 2. The molecule has 0 aliphatic carbocycles. The van der Waals surface area contributed by atoms with Crippen molar-refractivity contribution in [3.05, 3.63) is 71.8 Å². The van der Waals surface area contributed by atoms with Crippen LogP contribution in [0.5, 0.6) is 0 Å². The van der Waals surface area contributed by atoms with E-state index in [-0.39, 0.29) is 6.61 Å². The van der Waals surface area contributed by atoms with Crippen LogP contribution in [-0.2, 0) is 43.8 Å². The number of methoxy groups -OCH3 is 2. The topological polar surface area (TPSA) is 86.8 Å². The second kappa shape index (κ2) is 8.13. The molecule has 0 unspecified atom stereocenters. The number of benzene rings is 2. The minimum absolute atomic E-state index is 0.282. The van der Waals surface area contributed by atoms with Crippen LogP contribution in [0, 0.1) is 0 Å². The first-order valence-electron chi connectivity index (χ1n) is 10.5. The van der Waals surface area contributed by atoms with Crippen molar-refractivity contribution in [3.63, 3.8) is 0 Å². The molecular weight excluding hydrogens is 447 g/mol.